The summed E-state index contributed by atoms with van der Waals surface area (Å²) >= 11 is 0. The highest BCUT2D eigenvalue weighted by atomic mass is 16.6. The zero-order chi connectivity index (χ0) is 29.4. The number of rotatable bonds is 6. The molecule has 214 valence electrons. The van der Waals surface area contributed by atoms with Crippen LogP contribution in [0.5, 0.6) is 5.75 Å². The normalized spacial score (nSPS) is 20.6. The topological polar surface area (TPSA) is 71.1 Å². The summed E-state index contributed by atoms with van der Waals surface area (Å²) in [6.07, 6.45) is 1.55. The molecule has 0 radical (unpaired) electrons. The number of carbonyl (C=O) groups is 2. The fourth-order valence-corrected chi connectivity index (χ4v) is 5.88. The molecule has 2 amide bonds. The Bertz CT molecular complexity index is 1430. The Morgan fingerprint density at radius 2 is 1.80 bits per heavy atom. The molecule has 3 aromatic rings. The molecule has 3 unspecified atom stereocenters. The second-order valence-electron chi connectivity index (χ2n) is 12.2. The van der Waals surface area contributed by atoms with Crippen LogP contribution in [0.25, 0.3) is 0 Å². The van der Waals surface area contributed by atoms with Gasteiger partial charge in [-0.15, -0.1) is 6.58 Å². The van der Waals surface area contributed by atoms with Crippen LogP contribution in [0.3, 0.4) is 0 Å². The minimum absolute atomic E-state index is 0.229. The zero-order valence-electron chi connectivity index (χ0n) is 24.5. The van der Waals surface area contributed by atoms with Crippen molar-refractivity contribution in [1.82, 2.24) is 4.90 Å². The molecule has 5 rings (SSSR count). The Morgan fingerprint density at radius 1 is 1.10 bits per heavy atom. The van der Waals surface area contributed by atoms with Crippen LogP contribution in [0, 0.1) is 0 Å². The van der Waals surface area contributed by atoms with Crippen molar-refractivity contribution in [2.24, 2.45) is 0 Å². The minimum Gasteiger partial charge on any atom is -0.443 e. The molecule has 2 heterocycles. The van der Waals surface area contributed by atoms with Crippen molar-refractivity contribution < 1.29 is 19.1 Å². The van der Waals surface area contributed by atoms with Crippen LogP contribution >= 0.6 is 0 Å². The number of likely N-dealkylation sites (tertiary alicyclic amines) is 1. The average molecular weight is 554 g/mol. The first-order valence-electron chi connectivity index (χ1n) is 14.1. The van der Waals surface area contributed by atoms with E-state index in [0.29, 0.717) is 18.0 Å². The Labute approximate surface area is 242 Å². The summed E-state index contributed by atoms with van der Waals surface area (Å²) in [7, 11) is 0. The molecule has 1 fully saturated rings. The third kappa shape index (κ3) is 5.86. The van der Waals surface area contributed by atoms with Gasteiger partial charge in [-0.05, 0) is 80.1 Å². The Hall–Kier alpha value is -4.10. The Kier molecular flexibility index (Phi) is 7.66. The number of anilines is 2. The fraction of sp³-hybridized carbons (Fsp3) is 0.353. The highest BCUT2D eigenvalue weighted by molar-refractivity contribution is 5.93. The van der Waals surface area contributed by atoms with Gasteiger partial charge < -0.3 is 9.47 Å². The van der Waals surface area contributed by atoms with E-state index in [0.717, 1.165) is 29.8 Å². The molecule has 41 heavy (non-hydrogen) atoms. The minimum atomic E-state index is -0.637. The first-order chi connectivity index (χ1) is 19.5. The Morgan fingerprint density at radius 3 is 2.46 bits per heavy atom. The van der Waals surface area contributed by atoms with E-state index in [-0.39, 0.29) is 23.6 Å². The predicted molar refractivity (Wildman–Crippen MR) is 162 cm³/mol. The highest BCUT2D eigenvalue weighted by Gasteiger charge is 2.57. The van der Waals surface area contributed by atoms with Gasteiger partial charge in [0.1, 0.15) is 17.5 Å². The van der Waals surface area contributed by atoms with E-state index in [9.17, 15) is 9.59 Å². The van der Waals surface area contributed by atoms with E-state index in [1.807, 2.05) is 81.4 Å². The third-order valence-electron chi connectivity index (χ3n) is 7.99. The summed E-state index contributed by atoms with van der Waals surface area (Å²) in [4.78, 5) is 30.6. The van der Waals surface area contributed by atoms with Gasteiger partial charge in [0.05, 0.1) is 5.69 Å². The second-order valence-corrected chi connectivity index (χ2v) is 12.2. The summed E-state index contributed by atoms with van der Waals surface area (Å²) < 4.78 is 11.6. The van der Waals surface area contributed by atoms with Crippen molar-refractivity contribution in [2.45, 2.75) is 70.7 Å². The SMILES string of the molecule is C=CC(C)c1ccc(NC(=O)Oc2ccc3c(c2)C2(C)CCN(Cc4ccccc4)C2N3C(=O)OC(C)(C)C)cc1. The van der Waals surface area contributed by atoms with Crippen molar-refractivity contribution in [3.63, 3.8) is 0 Å². The van der Waals surface area contributed by atoms with E-state index >= 15 is 0 Å². The van der Waals surface area contributed by atoms with E-state index in [4.69, 9.17) is 9.47 Å². The number of hydrogen-bond acceptors (Lipinski definition) is 5. The average Bonchev–Trinajstić information content (AvgIpc) is 3.38. The summed E-state index contributed by atoms with van der Waals surface area (Å²) in [6.45, 7) is 15.2. The monoisotopic (exact) mass is 553 g/mol. The zero-order valence-corrected chi connectivity index (χ0v) is 24.5. The van der Waals surface area contributed by atoms with Gasteiger partial charge in [0.25, 0.3) is 0 Å². The number of hydrogen-bond donors (Lipinski definition) is 1. The summed E-state index contributed by atoms with van der Waals surface area (Å²) in [6, 6.07) is 23.4. The molecule has 0 spiro atoms. The third-order valence-corrected chi connectivity index (χ3v) is 7.99. The first-order valence-corrected chi connectivity index (χ1v) is 14.1. The lowest BCUT2D eigenvalue weighted by Crippen LogP contribution is -2.52. The van der Waals surface area contributed by atoms with Gasteiger partial charge in [0.2, 0.25) is 0 Å². The van der Waals surface area contributed by atoms with E-state index in [2.05, 4.69) is 42.8 Å². The molecular formula is C34H39N3O4. The van der Waals surface area contributed by atoms with E-state index in [1.54, 1.807) is 11.0 Å². The van der Waals surface area contributed by atoms with Gasteiger partial charge in [0.15, 0.2) is 0 Å². The molecule has 1 N–H and O–H groups in total. The maximum absolute atomic E-state index is 13.6. The molecule has 0 aromatic heterocycles. The van der Waals surface area contributed by atoms with Crippen LogP contribution in [-0.2, 0) is 16.7 Å². The number of benzene rings is 3. The lowest BCUT2D eigenvalue weighted by Gasteiger charge is -2.36. The van der Waals surface area contributed by atoms with Gasteiger partial charge in [-0.1, -0.05) is 62.4 Å². The maximum atomic E-state index is 13.6. The molecule has 7 nitrogen and oxygen atoms in total. The molecule has 7 heteroatoms. The number of nitrogens with one attached hydrogen (secondary N) is 1. The Balaban J connectivity index is 1.40. The van der Waals surface area contributed by atoms with Crippen molar-refractivity contribution in [3.05, 3.63) is 102 Å². The van der Waals surface area contributed by atoms with Gasteiger partial charge in [-0.2, -0.15) is 0 Å². The number of nitrogens with zero attached hydrogens (tertiary/aromatic N) is 2. The molecule has 1 saturated heterocycles. The van der Waals surface area contributed by atoms with E-state index < -0.39 is 11.7 Å². The molecule has 0 aliphatic carbocycles. The number of amides is 2. The smallest absolute Gasteiger partial charge is 0.417 e. The van der Waals surface area contributed by atoms with Crippen molar-refractivity contribution in [1.29, 1.82) is 0 Å². The molecule has 2 aliphatic heterocycles. The first kappa shape index (κ1) is 28.4. The quantitative estimate of drug-likeness (QED) is 0.315. The lowest BCUT2D eigenvalue weighted by molar-refractivity contribution is 0.0515. The van der Waals surface area contributed by atoms with Crippen LogP contribution in [0.4, 0.5) is 21.0 Å². The van der Waals surface area contributed by atoms with Crippen LogP contribution < -0.4 is 15.0 Å². The number of allylic oxidation sites excluding steroid dienone is 1. The standard InChI is InChI=1S/C34H39N3O4/c1-7-23(2)25-13-15-26(16-14-25)35-31(38)40-27-17-18-29-28(21-27)34(6)19-20-36(22-24-11-9-8-10-12-24)30(34)37(29)32(39)41-33(3,4)5/h7-18,21,23,30H,1,19-20,22H2,2-6H3,(H,35,38). The highest BCUT2D eigenvalue weighted by Crippen LogP contribution is 2.53. The molecule has 0 saturated carbocycles. The van der Waals surface area contributed by atoms with Gasteiger partial charge in [0, 0.05) is 24.2 Å². The number of fused-ring (bicyclic) bond motifs is 3. The summed E-state index contributed by atoms with van der Waals surface area (Å²) in [5.41, 5.74) is 3.70. The van der Waals surface area contributed by atoms with Crippen molar-refractivity contribution >= 4 is 23.6 Å². The molecule has 0 bridgehead atoms. The van der Waals surface area contributed by atoms with Crippen molar-refractivity contribution in [3.8, 4) is 5.75 Å². The lowest BCUT2D eigenvalue weighted by atomic mass is 9.81. The molecular weight excluding hydrogens is 514 g/mol. The van der Waals surface area contributed by atoms with Crippen LogP contribution in [-0.4, -0.2) is 35.4 Å². The van der Waals surface area contributed by atoms with Crippen LogP contribution in [0.1, 0.15) is 63.6 Å². The number of ether oxygens (including phenoxy) is 2. The molecule has 3 atom stereocenters. The predicted octanol–water partition coefficient (Wildman–Crippen LogP) is 7.83. The summed E-state index contributed by atoms with van der Waals surface area (Å²) in [5.74, 6) is 0.651. The number of carbonyl (C=O) groups excluding carboxylic acids is 2. The van der Waals surface area contributed by atoms with Gasteiger partial charge in [-0.3, -0.25) is 15.1 Å². The molecule has 3 aromatic carbocycles. The van der Waals surface area contributed by atoms with Gasteiger partial charge in [-0.25, -0.2) is 9.59 Å². The summed E-state index contributed by atoms with van der Waals surface area (Å²) in [5, 5.41) is 2.81. The largest absolute Gasteiger partial charge is 0.443 e. The second kappa shape index (κ2) is 11.1. The van der Waals surface area contributed by atoms with Gasteiger partial charge >= 0.3 is 12.2 Å². The van der Waals surface area contributed by atoms with E-state index in [1.165, 1.54) is 5.56 Å². The van der Waals surface area contributed by atoms with Crippen LogP contribution in [0.15, 0.2) is 85.5 Å². The maximum Gasteiger partial charge on any atom is 0.417 e. The molecule has 2 aliphatic rings. The fourth-order valence-electron chi connectivity index (χ4n) is 5.88. The van der Waals surface area contributed by atoms with Crippen LogP contribution in [0.2, 0.25) is 0 Å². The van der Waals surface area contributed by atoms with Crippen molar-refractivity contribution in [2.75, 3.05) is 16.8 Å².